The second kappa shape index (κ2) is 6.70. The predicted octanol–water partition coefficient (Wildman–Crippen LogP) is 4.01. The zero-order valence-electron chi connectivity index (χ0n) is 12.5. The summed E-state index contributed by atoms with van der Waals surface area (Å²) >= 11 is 1.74. The first kappa shape index (κ1) is 14.8. The van der Waals surface area contributed by atoms with Crippen LogP contribution in [0.4, 0.5) is 11.6 Å². The first-order valence-electron chi connectivity index (χ1n) is 6.98. The van der Waals surface area contributed by atoms with Crippen molar-refractivity contribution >= 4 is 23.0 Å². The fraction of sp³-hybridized carbons (Fsp3) is 0.467. The maximum Gasteiger partial charge on any atom is 0.135 e. The molecule has 0 saturated carbocycles. The second-order valence-corrected chi connectivity index (χ2v) is 5.86. The zero-order chi connectivity index (χ0) is 14.5. The molecule has 0 radical (unpaired) electrons. The summed E-state index contributed by atoms with van der Waals surface area (Å²) in [6.07, 6.45) is 0. The lowest BCUT2D eigenvalue weighted by molar-refractivity contribution is 0.775. The Morgan fingerprint density at radius 2 is 1.85 bits per heavy atom. The molecule has 0 amide bonds. The van der Waals surface area contributed by atoms with E-state index in [1.165, 1.54) is 11.1 Å². The zero-order valence-corrected chi connectivity index (χ0v) is 13.3. The van der Waals surface area contributed by atoms with Crippen LogP contribution in [0.25, 0.3) is 0 Å². The number of rotatable bonds is 6. The molecule has 2 heterocycles. The number of aryl methyl sites for hydroxylation is 1. The van der Waals surface area contributed by atoms with Crippen LogP contribution in [0.3, 0.4) is 0 Å². The molecule has 0 bridgehead atoms. The Morgan fingerprint density at radius 3 is 2.40 bits per heavy atom. The van der Waals surface area contributed by atoms with Crippen LogP contribution in [0.5, 0.6) is 0 Å². The van der Waals surface area contributed by atoms with E-state index in [-0.39, 0.29) is 0 Å². The van der Waals surface area contributed by atoms with E-state index in [1.807, 2.05) is 6.07 Å². The largest absolute Gasteiger partial charge is 0.370 e. The van der Waals surface area contributed by atoms with Gasteiger partial charge in [0.25, 0.3) is 0 Å². The van der Waals surface area contributed by atoms with Gasteiger partial charge in [-0.2, -0.15) is 11.3 Å². The molecule has 0 aliphatic carbocycles. The molecule has 20 heavy (non-hydrogen) atoms. The lowest BCUT2D eigenvalue weighted by Gasteiger charge is -2.12. The highest BCUT2D eigenvalue weighted by molar-refractivity contribution is 7.08. The monoisotopic (exact) mass is 290 g/mol. The Morgan fingerprint density at radius 1 is 1.15 bits per heavy atom. The van der Waals surface area contributed by atoms with Crippen molar-refractivity contribution in [3.8, 4) is 0 Å². The average Bonchev–Trinajstić information content (AvgIpc) is 2.82. The highest BCUT2D eigenvalue weighted by atomic mass is 32.1. The molecular formula is C15H22N4S. The Kier molecular flexibility index (Phi) is 4.95. The topological polar surface area (TPSA) is 49.8 Å². The smallest absolute Gasteiger partial charge is 0.135 e. The minimum atomic E-state index is 0.317. The quantitative estimate of drug-likeness (QED) is 0.844. The number of aromatic nitrogens is 2. The molecule has 0 fully saturated rings. The molecule has 5 heteroatoms. The molecule has 108 valence electrons. The van der Waals surface area contributed by atoms with Crippen LogP contribution in [0.2, 0.25) is 0 Å². The van der Waals surface area contributed by atoms with Crippen molar-refractivity contribution < 1.29 is 0 Å². The Bertz CT molecular complexity index is 563. The van der Waals surface area contributed by atoms with Crippen molar-refractivity contribution in [1.29, 1.82) is 0 Å². The van der Waals surface area contributed by atoms with E-state index in [4.69, 9.17) is 0 Å². The first-order chi connectivity index (χ1) is 9.60. The van der Waals surface area contributed by atoms with Gasteiger partial charge in [0.05, 0.1) is 0 Å². The van der Waals surface area contributed by atoms with Crippen LogP contribution in [-0.2, 0) is 6.54 Å². The van der Waals surface area contributed by atoms with Gasteiger partial charge in [-0.1, -0.05) is 13.8 Å². The van der Waals surface area contributed by atoms with Crippen molar-refractivity contribution in [3.05, 3.63) is 33.8 Å². The molecule has 0 saturated heterocycles. The summed E-state index contributed by atoms with van der Waals surface area (Å²) in [5.74, 6) is 2.95. The highest BCUT2D eigenvalue weighted by Crippen LogP contribution is 2.19. The van der Waals surface area contributed by atoms with Gasteiger partial charge in [-0.15, -0.1) is 0 Å². The summed E-state index contributed by atoms with van der Waals surface area (Å²) in [4.78, 5) is 9.11. The predicted molar refractivity (Wildman–Crippen MR) is 86.7 cm³/mol. The number of thiophene rings is 1. The minimum Gasteiger partial charge on any atom is -0.370 e. The molecule has 0 aliphatic rings. The third kappa shape index (κ3) is 3.70. The van der Waals surface area contributed by atoms with Crippen molar-refractivity contribution in [2.75, 3.05) is 17.2 Å². The second-order valence-electron chi connectivity index (χ2n) is 5.12. The van der Waals surface area contributed by atoms with Crippen LogP contribution >= 0.6 is 11.3 Å². The van der Waals surface area contributed by atoms with Gasteiger partial charge in [0.15, 0.2) is 0 Å². The molecule has 2 N–H and O–H groups in total. The molecule has 2 rings (SSSR count). The minimum absolute atomic E-state index is 0.317. The standard InChI is InChI=1S/C15H22N4S/c1-5-16-13-6-14(19-15(18-13)10(2)3)17-7-12-9-20-8-11(12)4/h6,8-10H,5,7H2,1-4H3,(H2,16,17,18,19). The third-order valence-electron chi connectivity index (χ3n) is 3.04. The average molecular weight is 290 g/mol. The summed E-state index contributed by atoms with van der Waals surface area (Å²) in [5, 5.41) is 11.0. The van der Waals surface area contributed by atoms with Crippen molar-refractivity contribution in [1.82, 2.24) is 9.97 Å². The van der Waals surface area contributed by atoms with E-state index in [0.29, 0.717) is 5.92 Å². The molecule has 2 aromatic heterocycles. The summed E-state index contributed by atoms with van der Waals surface area (Å²) in [6, 6.07) is 1.97. The Hall–Kier alpha value is -1.62. The highest BCUT2D eigenvalue weighted by Gasteiger charge is 2.08. The summed E-state index contributed by atoms with van der Waals surface area (Å²) < 4.78 is 0. The fourth-order valence-electron chi connectivity index (χ4n) is 1.84. The van der Waals surface area contributed by atoms with Gasteiger partial charge in [0, 0.05) is 25.1 Å². The third-order valence-corrected chi connectivity index (χ3v) is 3.95. The number of hydrogen-bond acceptors (Lipinski definition) is 5. The molecule has 0 aliphatic heterocycles. The van der Waals surface area contributed by atoms with Crippen molar-refractivity contribution in [2.45, 2.75) is 40.2 Å². The van der Waals surface area contributed by atoms with E-state index >= 15 is 0 Å². The van der Waals surface area contributed by atoms with Gasteiger partial charge in [-0.25, -0.2) is 9.97 Å². The van der Waals surface area contributed by atoms with Crippen LogP contribution < -0.4 is 10.6 Å². The molecule has 4 nitrogen and oxygen atoms in total. The lowest BCUT2D eigenvalue weighted by Crippen LogP contribution is -2.09. The number of nitrogens with zero attached hydrogens (tertiary/aromatic N) is 2. The van der Waals surface area contributed by atoms with E-state index in [0.717, 1.165) is 30.5 Å². The van der Waals surface area contributed by atoms with Gasteiger partial charge in [-0.05, 0) is 35.7 Å². The Balaban J connectivity index is 2.15. The van der Waals surface area contributed by atoms with Crippen LogP contribution in [-0.4, -0.2) is 16.5 Å². The van der Waals surface area contributed by atoms with E-state index in [9.17, 15) is 0 Å². The maximum absolute atomic E-state index is 4.59. The number of nitrogens with one attached hydrogen (secondary N) is 2. The number of anilines is 2. The fourth-order valence-corrected chi connectivity index (χ4v) is 2.70. The van der Waals surface area contributed by atoms with Gasteiger partial charge in [0.2, 0.25) is 0 Å². The molecule has 2 aromatic rings. The van der Waals surface area contributed by atoms with Crippen LogP contribution in [0, 0.1) is 6.92 Å². The molecule has 0 atom stereocenters. The first-order valence-corrected chi connectivity index (χ1v) is 7.92. The summed E-state index contributed by atoms with van der Waals surface area (Å²) in [6.45, 7) is 10.1. The van der Waals surface area contributed by atoms with E-state index < -0.39 is 0 Å². The van der Waals surface area contributed by atoms with E-state index in [1.54, 1.807) is 11.3 Å². The Labute approximate surface area is 124 Å². The van der Waals surface area contributed by atoms with Gasteiger partial charge >= 0.3 is 0 Å². The molecule has 0 unspecified atom stereocenters. The van der Waals surface area contributed by atoms with E-state index in [2.05, 4.69) is 59.1 Å². The van der Waals surface area contributed by atoms with Gasteiger partial charge in [0.1, 0.15) is 17.5 Å². The molecular weight excluding hydrogens is 268 g/mol. The van der Waals surface area contributed by atoms with Crippen molar-refractivity contribution in [2.24, 2.45) is 0 Å². The van der Waals surface area contributed by atoms with Crippen LogP contribution in [0.1, 0.15) is 43.6 Å². The maximum atomic E-state index is 4.59. The van der Waals surface area contributed by atoms with Crippen molar-refractivity contribution in [3.63, 3.8) is 0 Å². The summed E-state index contributed by atoms with van der Waals surface area (Å²) in [7, 11) is 0. The molecule has 0 spiro atoms. The van der Waals surface area contributed by atoms with Crippen LogP contribution in [0.15, 0.2) is 16.8 Å². The van der Waals surface area contributed by atoms with Gasteiger partial charge < -0.3 is 10.6 Å². The molecule has 0 aromatic carbocycles. The summed E-state index contributed by atoms with van der Waals surface area (Å²) in [5.41, 5.74) is 2.65. The van der Waals surface area contributed by atoms with Gasteiger partial charge in [-0.3, -0.25) is 0 Å². The SMILES string of the molecule is CCNc1cc(NCc2cscc2C)nc(C(C)C)n1. The number of hydrogen-bond donors (Lipinski definition) is 2. The lowest BCUT2D eigenvalue weighted by atomic mass is 10.2. The normalized spacial score (nSPS) is 10.8.